The van der Waals surface area contributed by atoms with E-state index in [-0.39, 0.29) is 11.0 Å². The molecule has 0 spiro atoms. The SMILES string of the molecule is CC(C)(C)c1ccc(NC(=O)c2cnc[nH]c2=O)cc1. The Balaban J connectivity index is 2.17. The van der Waals surface area contributed by atoms with Crippen LogP contribution in [0.3, 0.4) is 0 Å². The predicted molar refractivity (Wildman–Crippen MR) is 78.0 cm³/mol. The number of nitrogens with one attached hydrogen (secondary N) is 2. The largest absolute Gasteiger partial charge is 0.322 e. The van der Waals surface area contributed by atoms with Crippen molar-refractivity contribution in [2.24, 2.45) is 0 Å². The molecule has 104 valence electrons. The molecular weight excluding hydrogens is 254 g/mol. The molecule has 0 aliphatic heterocycles. The molecule has 1 aromatic heterocycles. The number of hydrogen-bond acceptors (Lipinski definition) is 3. The molecule has 0 unspecified atom stereocenters. The Morgan fingerprint density at radius 3 is 2.40 bits per heavy atom. The molecule has 0 saturated heterocycles. The summed E-state index contributed by atoms with van der Waals surface area (Å²) >= 11 is 0. The van der Waals surface area contributed by atoms with Gasteiger partial charge in [0.25, 0.3) is 11.5 Å². The van der Waals surface area contributed by atoms with E-state index in [0.29, 0.717) is 5.69 Å². The molecule has 2 N–H and O–H groups in total. The molecule has 1 amide bonds. The van der Waals surface area contributed by atoms with Crippen molar-refractivity contribution in [1.29, 1.82) is 0 Å². The lowest BCUT2D eigenvalue weighted by Gasteiger charge is -2.19. The minimum absolute atomic E-state index is 0.00704. The number of amides is 1. The van der Waals surface area contributed by atoms with Crippen LogP contribution in [0.1, 0.15) is 36.7 Å². The fraction of sp³-hybridized carbons (Fsp3) is 0.267. The highest BCUT2D eigenvalue weighted by atomic mass is 16.2. The van der Waals surface area contributed by atoms with Gasteiger partial charge in [0.05, 0.1) is 6.33 Å². The number of hydrogen-bond donors (Lipinski definition) is 2. The molecule has 20 heavy (non-hydrogen) atoms. The van der Waals surface area contributed by atoms with Crippen LogP contribution in [-0.4, -0.2) is 15.9 Å². The molecule has 1 aromatic carbocycles. The van der Waals surface area contributed by atoms with Crippen LogP contribution in [-0.2, 0) is 5.41 Å². The molecule has 0 fully saturated rings. The number of nitrogens with zero attached hydrogens (tertiary/aromatic N) is 1. The molecule has 0 aliphatic carbocycles. The van der Waals surface area contributed by atoms with E-state index in [1.807, 2.05) is 24.3 Å². The molecule has 0 aliphatic rings. The third kappa shape index (κ3) is 3.12. The highest BCUT2D eigenvalue weighted by Crippen LogP contribution is 2.23. The van der Waals surface area contributed by atoms with E-state index in [0.717, 1.165) is 0 Å². The average Bonchev–Trinajstić information content (AvgIpc) is 2.38. The number of carbonyl (C=O) groups is 1. The van der Waals surface area contributed by atoms with E-state index < -0.39 is 11.5 Å². The van der Waals surface area contributed by atoms with Crippen molar-refractivity contribution in [2.75, 3.05) is 5.32 Å². The topological polar surface area (TPSA) is 74.8 Å². The monoisotopic (exact) mass is 271 g/mol. The molecule has 0 saturated carbocycles. The first kappa shape index (κ1) is 14.0. The van der Waals surface area contributed by atoms with E-state index >= 15 is 0 Å². The number of rotatable bonds is 2. The van der Waals surface area contributed by atoms with Crippen molar-refractivity contribution in [3.63, 3.8) is 0 Å². The lowest BCUT2D eigenvalue weighted by molar-refractivity contribution is 0.102. The lowest BCUT2D eigenvalue weighted by atomic mass is 9.87. The molecular formula is C15H17N3O2. The number of benzene rings is 1. The van der Waals surface area contributed by atoms with Crippen LogP contribution in [0.4, 0.5) is 5.69 Å². The Morgan fingerprint density at radius 2 is 1.85 bits per heavy atom. The van der Waals surface area contributed by atoms with Gasteiger partial charge in [-0.3, -0.25) is 9.59 Å². The van der Waals surface area contributed by atoms with Crippen LogP contribution in [0.2, 0.25) is 0 Å². The van der Waals surface area contributed by atoms with E-state index in [1.165, 1.54) is 18.1 Å². The third-order valence-corrected chi connectivity index (χ3v) is 2.97. The molecule has 1 heterocycles. The lowest BCUT2D eigenvalue weighted by Crippen LogP contribution is -2.23. The maximum Gasteiger partial charge on any atom is 0.263 e. The zero-order chi connectivity index (χ0) is 14.8. The fourth-order valence-corrected chi connectivity index (χ4v) is 1.76. The summed E-state index contributed by atoms with van der Waals surface area (Å²) in [6.45, 7) is 6.36. The molecule has 2 aromatic rings. The Morgan fingerprint density at radius 1 is 1.20 bits per heavy atom. The van der Waals surface area contributed by atoms with Gasteiger partial charge < -0.3 is 10.3 Å². The van der Waals surface area contributed by atoms with Gasteiger partial charge in [-0.1, -0.05) is 32.9 Å². The minimum atomic E-state index is -0.470. The van der Waals surface area contributed by atoms with Gasteiger partial charge in [-0.15, -0.1) is 0 Å². The van der Waals surface area contributed by atoms with Crippen molar-refractivity contribution in [3.05, 3.63) is 58.3 Å². The highest BCUT2D eigenvalue weighted by molar-refractivity contribution is 6.03. The summed E-state index contributed by atoms with van der Waals surface area (Å²) < 4.78 is 0. The summed E-state index contributed by atoms with van der Waals surface area (Å²) in [6.07, 6.45) is 2.49. The van der Waals surface area contributed by atoms with Gasteiger partial charge in [-0.25, -0.2) is 4.98 Å². The summed E-state index contributed by atoms with van der Waals surface area (Å²) in [4.78, 5) is 29.5. The quantitative estimate of drug-likeness (QED) is 0.880. The van der Waals surface area contributed by atoms with Crippen LogP contribution in [0.5, 0.6) is 0 Å². The number of anilines is 1. The van der Waals surface area contributed by atoms with E-state index in [1.54, 1.807) is 0 Å². The standard InChI is InChI=1S/C15H17N3O2/c1-15(2,3)10-4-6-11(7-5-10)18-14(20)12-8-16-9-17-13(12)19/h4-9H,1-3H3,(H,18,20)(H,16,17,19). The van der Waals surface area contributed by atoms with Crippen molar-refractivity contribution >= 4 is 11.6 Å². The van der Waals surface area contributed by atoms with Crippen LogP contribution < -0.4 is 10.9 Å². The normalized spacial score (nSPS) is 11.2. The van der Waals surface area contributed by atoms with Crippen molar-refractivity contribution in [1.82, 2.24) is 9.97 Å². The van der Waals surface area contributed by atoms with Gasteiger partial charge in [-0.05, 0) is 23.1 Å². The summed E-state index contributed by atoms with van der Waals surface area (Å²) in [5.74, 6) is -0.470. The first-order chi connectivity index (χ1) is 9.38. The second kappa shape index (κ2) is 5.28. The van der Waals surface area contributed by atoms with E-state index in [9.17, 15) is 9.59 Å². The summed E-state index contributed by atoms with van der Waals surface area (Å²) in [6, 6.07) is 7.57. The number of H-pyrrole nitrogens is 1. The van der Waals surface area contributed by atoms with Crippen LogP contribution in [0.15, 0.2) is 41.6 Å². The van der Waals surface area contributed by atoms with Crippen molar-refractivity contribution in [3.8, 4) is 0 Å². The highest BCUT2D eigenvalue weighted by Gasteiger charge is 2.14. The van der Waals surface area contributed by atoms with E-state index in [2.05, 4.69) is 36.1 Å². The predicted octanol–water partition coefficient (Wildman–Crippen LogP) is 2.32. The van der Waals surface area contributed by atoms with E-state index in [4.69, 9.17) is 0 Å². The van der Waals surface area contributed by atoms with Gasteiger partial charge in [0.15, 0.2) is 0 Å². The second-order valence-electron chi connectivity index (χ2n) is 5.58. The van der Waals surface area contributed by atoms with Crippen LogP contribution >= 0.6 is 0 Å². The van der Waals surface area contributed by atoms with Gasteiger partial charge in [0, 0.05) is 11.9 Å². The Labute approximate surface area is 117 Å². The number of aromatic amines is 1. The van der Waals surface area contributed by atoms with Crippen LogP contribution in [0, 0.1) is 0 Å². The molecule has 0 atom stereocenters. The Hall–Kier alpha value is -2.43. The zero-order valence-electron chi connectivity index (χ0n) is 11.7. The minimum Gasteiger partial charge on any atom is -0.322 e. The fourth-order valence-electron chi connectivity index (χ4n) is 1.76. The third-order valence-electron chi connectivity index (χ3n) is 2.97. The summed E-state index contributed by atoms with van der Waals surface area (Å²) in [5.41, 5.74) is 1.42. The average molecular weight is 271 g/mol. The molecule has 2 rings (SSSR count). The number of carbonyl (C=O) groups excluding carboxylic acids is 1. The summed E-state index contributed by atoms with van der Waals surface area (Å²) in [5, 5.41) is 2.68. The van der Waals surface area contributed by atoms with Crippen molar-refractivity contribution in [2.45, 2.75) is 26.2 Å². The molecule has 5 heteroatoms. The maximum atomic E-state index is 11.9. The zero-order valence-corrected chi connectivity index (χ0v) is 11.7. The van der Waals surface area contributed by atoms with Gasteiger partial charge >= 0.3 is 0 Å². The molecule has 0 radical (unpaired) electrons. The van der Waals surface area contributed by atoms with Crippen molar-refractivity contribution < 1.29 is 4.79 Å². The first-order valence-electron chi connectivity index (χ1n) is 6.32. The van der Waals surface area contributed by atoms with Gasteiger partial charge in [-0.2, -0.15) is 0 Å². The Kier molecular flexibility index (Phi) is 3.70. The second-order valence-corrected chi connectivity index (χ2v) is 5.58. The molecule has 0 bridgehead atoms. The first-order valence-corrected chi connectivity index (χ1v) is 6.32. The maximum absolute atomic E-state index is 11.9. The molecule has 5 nitrogen and oxygen atoms in total. The number of aromatic nitrogens is 2. The Bertz CT molecular complexity index is 667. The van der Waals surface area contributed by atoms with Gasteiger partial charge in [0.1, 0.15) is 5.56 Å². The van der Waals surface area contributed by atoms with Gasteiger partial charge in [0.2, 0.25) is 0 Å². The smallest absolute Gasteiger partial charge is 0.263 e. The van der Waals surface area contributed by atoms with Crippen LogP contribution in [0.25, 0.3) is 0 Å². The summed E-state index contributed by atoms with van der Waals surface area (Å²) in [7, 11) is 0.